The minimum absolute atomic E-state index is 0.164. The van der Waals surface area contributed by atoms with Crippen molar-refractivity contribution in [1.29, 1.82) is 0 Å². The number of halogens is 1. The zero-order valence-electron chi connectivity index (χ0n) is 14.3. The zero-order valence-corrected chi connectivity index (χ0v) is 14.3. The van der Waals surface area contributed by atoms with E-state index in [4.69, 9.17) is 4.74 Å². The lowest BCUT2D eigenvalue weighted by Crippen LogP contribution is -2.55. The van der Waals surface area contributed by atoms with Crippen molar-refractivity contribution in [3.8, 4) is 0 Å². The largest absolute Gasteiger partial charge is 0.444 e. The Bertz CT molecular complexity index is 645. The number of piperazine rings is 1. The van der Waals surface area contributed by atoms with Gasteiger partial charge in [-0.25, -0.2) is 9.18 Å². The molecule has 0 saturated carbocycles. The Kier molecular flexibility index (Phi) is 4.96. The number of carbonyl (C=O) groups is 1. The van der Waals surface area contributed by atoms with E-state index in [1.165, 1.54) is 12.1 Å². The topological polar surface area (TPSA) is 75.9 Å². The number of non-ortho nitro benzene ring substituents is 1. The second-order valence-electron chi connectivity index (χ2n) is 6.86. The van der Waals surface area contributed by atoms with E-state index in [2.05, 4.69) is 0 Å². The first-order valence-electron chi connectivity index (χ1n) is 7.77. The quantitative estimate of drug-likeness (QED) is 0.611. The van der Waals surface area contributed by atoms with E-state index in [1.54, 1.807) is 30.6 Å². The lowest BCUT2D eigenvalue weighted by atomic mass is 10.1. The van der Waals surface area contributed by atoms with E-state index in [-0.39, 0.29) is 17.8 Å². The second kappa shape index (κ2) is 6.62. The van der Waals surface area contributed by atoms with Crippen LogP contribution in [0.1, 0.15) is 27.7 Å². The molecule has 1 atom stereocenters. The summed E-state index contributed by atoms with van der Waals surface area (Å²) in [7, 11) is 0. The number of anilines is 1. The molecule has 2 rings (SSSR count). The van der Waals surface area contributed by atoms with Crippen LogP contribution in [-0.4, -0.2) is 47.2 Å². The lowest BCUT2D eigenvalue weighted by Gasteiger charge is -2.41. The highest BCUT2D eigenvalue weighted by Gasteiger charge is 2.31. The van der Waals surface area contributed by atoms with E-state index < -0.39 is 16.3 Å². The van der Waals surface area contributed by atoms with E-state index in [0.717, 1.165) is 6.07 Å². The van der Waals surface area contributed by atoms with Crippen LogP contribution in [0.4, 0.5) is 20.6 Å². The van der Waals surface area contributed by atoms with Gasteiger partial charge in [-0.2, -0.15) is 0 Å². The molecule has 0 radical (unpaired) electrons. The van der Waals surface area contributed by atoms with E-state index in [0.29, 0.717) is 25.3 Å². The highest BCUT2D eigenvalue weighted by Crippen LogP contribution is 2.26. The molecule has 1 amide bonds. The number of carbonyl (C=O) groups excluding carboxylic acids is 1. The molecule has 1 aromatic carbocycles. The fourth-order valence-corrected chi connectivity index (χ4v) is 2.63. The molecule has 0 unspecified atom stereocenters. The van der Waals surface area contributed by atoms with Crippen LogP contribution in [0.5, 0.6) is 0 Å². The molecule has 0 spiro atoms. The molecule has 7 nitrogen and oxygen atoms in total. The molecule has 1 saturated heterocycles. The maximum absolute atomic E-state index is 14.1. The van der Waals surface area contributed by atoms with Crippen LogP contribution in [0.3, 0.4) is 0 Å². The van der Waals surface area contributed by atoms with Crippen molar-refractivity contribution in [3.63, 3.8) is 0 Å². The van der Waals surface area contributed by atoms with Gasteiger partial charge in [0, 0.05) is 31.7 Å². The lowest BCUT2D eigenvalue weighted by molar-refractivity contribution is -0.385. The fraction of sp³-hybridized carbons (Fsp3) is 0.562. The van der Waals surface area contributed by atoms with Crippen LogP contribution >= 0.6 is 0 Å². The molecular formula is C16H22FN3O4. The molecule has 1 aliphatic heterocycles. The number of nitro benzene ring substituents is 1. The predicted molar refractivity (Wildman–Crippen MR) is 87.7 cm³/mol. The summed E-state index contributed by atoms with van der Waals surface area (Å²) in [6.07, 6.45) is -0.390. The van der Waals surface area contributed by atoms with Gasteiger partial charge in [0.05, 0.1) is 16.7 Å². The van der Waals surface area contributed by atoms with Gasteiger partial charge in [0.1, 0.15) is 5.60 Å². The number of hydrogen-bond acceptors (Lipinski definition) is 5. The van der Waals surface area contributed by atoms with Crippen LogP contribution < -0.4 is 4.90 Å². The van der Waals surface area contributed by atoms with Gasteiger partial charge in [0.15, 0.2) is 5.82 Å². The Balaban J connectivity index is 2.08. The van der Waals surface area contributed by atoms with E-state index in [9.17, 15) is 19.3 Å². The molecule has 1 fully saturated rings. The summed E-state index contributed by atoms with van der Waals surface area (Å²) in [6.45, 7) is 8.52. The first kappa shape index (κ1) is 18.0. The summed E-state index contributed by atoms with van der Waals surface area (Å²) in [5, 5.41) is 10.7. The number of benzene rings is 1. The van der Waals surface area contributed by atoms with Gasteiger partial charge in [-0.15, -0.1) is 0 Å². The van der Waals surface area contributed by atoms with Gasteiger partial charge < -0.3 is 14.5 Å². The van der Waals surface area contributed by atoms with E-state index in [1.807, 2.05) is 6.92 Å². The first-order valence-corrected chi connectivity index (χ1v) is 7.77. The first-order chi connectivity index (χ1) is 11.1. The third-order valence-corrected chi connectivity index (χ3v) is 3.74. The van der Waals surface area contributed by atoms with Crippen molar-refractivity contribution in [2.75, 3.05) is 24.5 Å². The normalized spacial score (nSPS) is 18.5. The van der Waals surface area contributed by atoms with Gasteiger partial charge in [-0.1, -0.05) is 0 Å². The highest BCUT2D eigenvalue weighted by atomic mass is 19.1. The van der Waals surface area contributed by atoms with Crippen LogP contribution in [0.25, 0.3) is 0 Å². The van der Waals surface area contributed by atoms with Gasteiger partial charge in [-0.05, 0) is 33.8 Å². The minimum Gasteiger partial charge on any atom is -0.444 e. The van der Waals surface area contributed by atoms with Crippen molar-refractivity contribution < 1.29 is 18.8 Å². The molecule has 1 heterocycles. The SMILES string of the molecule is C[C@@H]1CN(c2ccc([N+](=O)[O-])cc2F)CCN1C(=O)OC(C)(C)C. The molecule has 24 heavy (non-hydrogen) atoms. The smallest absolute Gasteiger partial charge is 0.410 e. The van der Waals surface area contributed by atoms with Crippen molar-refractivity contribution in [2.24, 2.45) is 0 Å². The average Bonchev–Trinajstić information content (AvgIpc) is 2.44. The number of nitro groups is 1. The van der Waals surface area contributed by atoms with Crippen LogP contribution in [0, 0.1) is 15.9 Å². The summed E-state index contributed by atoms with van der Waals surface area (Å²) in [6, 6.07) is 3.44. The van der Waals surface area contributed by atoms with Gasteiger partial charge >= 0.3 is 6.09 Å². The predicted octanol–water partition coefficient (Wildman–Crippen LogP) is 3.18. The van der Waals surface area contributed by atoms with Gasteiger partial charge in [0.25, 0.3) is 5.69 Å². The Morgan fingerprint density at radius 1 is 1.38 bits per heavy atom. The molecular weight excluding hydrogens is 317 g/mol. The Labute approximate surface area is 140 Å². The van der Waals surface area contributed by atoms with Crippen molar-refractivity contribution in [1.82, 2.24) is 4.90 Å². The van der Waals surface area contributed by atoms with Crippen molar-refractivity contribution in [3.05, 3.63) is 34.1 Å². The summed E-state index contributed by atoms with van der Waals surface area (Å²) >= 11 is 0. The molecule has 132 valence electrons. The Morgan fingerprint density at radius 3 is 2.54 bits per heavy atom. The second-order valence-corrected chi connectivity index (χ2v) is 6.86. The van der Waals surface area contributed by atoms with Gasteiger partial charge in [-0.3, -0.25) is 10.1 Å². The third-order valence-electron chi connectivity index (χ3n) is 3.74. The monoisotopic (exact) mass is 339 g/mol. The molecule has 0 aliphatic carbocycles. The van der Waals surface area contributed by atoms with E-state index >= 15 is 0 Å². The fourth-order valence-electron chi connectivity index (χ4n) is 2.63. The minimum atomic E-state index is -0.637. The molecule has 1 aromatic rings. The summed E-state index contributed by atoms with van der Waals surface area (Å²) in [5.41, 5.74) is -0.550. The summed E-state index contributed by atoms with van der Waals surface area (Å²) < 4.78 is 19.5. The number of amides is 1. The van der Waals surface area contributed by atoms with Crippen LogP contribution in [0.2, 0.25) is 0 Å². The Hall–Kier alpha value is -2.38. The van der Waals surface area contributed by atoms with Crippen molar-refractivity contribution in [2.45, 2.75) is 39.3 Å². The van der Waals surface area contributed by atoms with Crippen molar-refractivity contribution >= 4 is 17.5 Å². The summed E-state index contributed by atoms with van der Waals surface area (Å²) in [5.74, 6) is -0.637. The van der Waals surface area contributed by atoms with Crippen LogP contribution in [-0.2, 0) is 4.74 Å². The molecule has 0 aromatic heterocycles. The van der Waals surface area contributed by atoms with Gasteiger partial charge in [0.2, 0.25) is 0 Å². The molecule has 0 bridgehead atoms. The maximum atomic E-state index is 14.1. The van der Waals surface area contributed by atoms with Crippen LogP contribution in [0.15, 0.2) is 18.2 Å². The molecule has 0 N–H and O–H groups in total. The molecule has 8 heteroatoms. The Morgan fingerprint density at radius 2 is 2.04 bits per heavy atom. The number of ether oxygens (including phenoxy) is 1. The number of rotatable bonds is 2. The number of nitrogens with zero attached hydrogens (tertiary/aromatic N) is 3. The zero-order chi connectivity index (χ0) is 18.1. The average molecular weight is 339 g/mol. The summed E-state index contributed by atoms with van der Waals surface area (Å²) in [4.78, 5) is 25.7. The third kappa shape index (κ3) is 4.12. The number of hydrogen-bond donors (Lipinski definition) is 0. The standard InChI is InChI=1S/C16H22FN3O4/c1-11-10-18(7-8-19(11)15(21)24-16(2,3)4)14-6-5-12(20(22)23)9-13(14)17/h5-6,9,11H,7-8,10H2,1-4H3/t11-/m1/s1. The molecule has 1 aliphatic rings. The maximum Gasteiger partial charge on any atom is 0.410 e. The highest BCUT2D eigenvalue weighted by molar-refractivity contribution is 5.69.